The first-order chi connectivity index (χ1) is 8.10. The molecule has 1 aromatic carbocycles. The van der Waals surface area contributed by atoms with E-state index in [1.165, 1.54) is 0 Å². The molecule has 1 aliphatic rings. The topological polar surface area (TPSA) is 43.7 Å². The van der Waals surface area contributed by atoms with Crippen molar-refractivity contribution in [1.82, 2.24) is 0 Å². The molecule has 1 aliphatic carbocycles. The summed E-state index contributed by atoms with van der Waals surface area (Å²) in [5.41, 5.74) is 2.00. The van der Waals surface area contributed by atoms with Gasteiger partial charge in [-0.3, -0.25) is 0 Å². The molecule has 0 spiro atoms. The summed E-state index contributed by atoms with van der Waals surface area (Å²) >= 11 is 3.41. The van der Waals surface area contributed by atoms with E-state index >= 15 is 0 Å². The first-order valence-electron chi connectivity index (χ1n) is 5.88. The maximum Gasteiger partial charge on any atom is 0.0702 e. The smallest absolute Gasteiger partial charge is 0.0702 e. The number of aliphatic hydroxyl groups is 2. The summed E-state index contributed by atoms with van der Waals surface area (Å²) in [6, 6.07) is 5.95. The summed E-state index contributed by atoms with van der Waals surface area (Å²) in [7, 11) is 2.03. The van der Waals surface area contributed by atoms with Crippen LogP contribution in [0.5, 0.6) is 0 Å². The summed E-state index contributed by atoms with van der Waals surface area (Å²) in [5, 5.41) is 18.6. The highest BCUT2D eigenvalue weighted by atomic mass is 79.9. The second-order valence-electron chi connectivity index (χ2n) is 4.80. The van der Waals surface area contributed by atoms with Crippen LogP contribution in [0.25, 0.3) is 0 Å². The summed E-state index contributed by atoms with van der Waals surface area (Å²) < 4.78 is 0.984. The highest BCUT2D eigenvalue weighted by Gasteiger charge is 2.28. The second-order valence-corrected chi connectivity index (χ2v) is 5.72. The van der Waals surface area contributed by atoms with Crippen LogP contribution in [-0.4, -0.2) is 29.9 Å². The Kier molecular flexibility index (Phi) is 4.07. The Balaban J connectivity index is 2.05. The van der Waals surface area contributed by atoms with E-state index in [1.54, 1.807) is 0 Å². The van der Waals surface area contributed by atoms with Gasteiger partial charge < -0.3 is 15.1 Å². The molecule has 2 N–H and O–H groups in total. The van der Waals surface area contributed by atoms with Crippen LogP contribution in [0.1, 0.15) is 18.4 Å². The molecule has 0 radical (unpaired) electrons. The number of aliphatic hydroxyl groups excluding tert-OH is 2. The summed E-state index contributed by atoms with van der Waals surface area (Å²) in [6.45, 7) is 0.984. The molecule has 0 heterocycles. The molecule has 0 aliphatic heterocycles. The predicted molar refractivity (Wildman–Crippen MR) is 72.1 cm³/mol. The SMILES string of the molecule is CN(CC1CC(O)C1)c1ccc(Br)cc1CO. The zero-order chi connectivity index (χ0) is 12.4. The second kappa shape index (κ2) is 5.38. The number of hydrogen-bond donors (Lipinski definition) is 2. The zero-order valence-electron chi connectivity index (χ0n) is 9.93. The fraction of sp³-hybridized carbons (Fsp3) is 0.538. The van der Waals surface area contributed by atoms with Crippen molar-refractivity contribution in [1.29, 1.82) is 0 Å². The van der Waals surface area contributed by atoms with Crippen LogP contribution < -0.4 is 4.90 Å². The van der Waals surface area contributed by atoms with E-state index in [0.717, 1.165) is 35.1 Å². The summed E-state index contributed by atoms with van der Waals surface area (Å²) in [4.78, 5) is 2.16. The lowest BCUT2D eigenvalue weighted by Gasteiger charge is -2.35. The van der Waals surface area contributed by atoms with Crippen LogP contribution >= 0.6 is 15.9 Å². The number of anilines is 1. The fourth-order valence-electron chi connectivity index (χ4n) is 2.39. The van der Waals surface area contributed by atoms with Crippen molar-refractivity contribution >= 4 is 21.6 Å². The van der Waals surface area contributed by atoms with Gasteiger partial charge in [0.15, 0.2) is 0 Å². The predicted octanol–water partition coefficient (Wildman–Crippen LogP) is 2.15. The minimum absolute atomic E-state index is 0.0480. The van der Waals surface area contributed by atoms with Crippen molar-refractivity contribution in [3.05, 3.63) is 28.2 Å². The minimum atomic E-state index is -0.101. The maximum atomic E-state index is 9.35. The number of nitrogens with zero attached hydrogens (tertiary/aromatic N) is 1. The van der Waals surface area contributed by atoms with Gasteiger partial charge in [0, 0.05) is 29.3 Å². The molecule has 94 valence electrons. The fourth-order valence-corrected chi connectivity index (χ4v) is 2.80. The molecule has 1 fully saturated rings. The average Bonchev–Trinajstić information content (AvgIpc) is 2.26. The van der Waals surface area contributed by atoms with Crippen molar-refractivity contribution in [2.24, 2.45) is 5.92 Å². The normalized spacial score (nSPS) is 23.3. The highest BCUT2D eigenvalue weighted by molar-refractivity contribution is 9.10. The Bertz CT molecular complexity index is 391. The van der Waals surface area contributed by atoms with E-state index in [-0.39, 0.29) is 12.7 Å². The van der Waals surface area contributed by atoms with Crippen molar-refractivity contribution in [3.63, 3.8) is 0 Å². The molecule has 1 saturated carbocycles. The van der Waals surface area contributed by atoms with Gasteiger partial charge in [0.25, 0.3) is 0 Å². The molecule has 3 nitrogen and oxygen atoms in total. The maximum absolute atomic E-state index is 9.35. The van der Waals surface area contributed by atoms with Crippen LogP contribution in [0, 0.1) is 5.92 Å². The molecule has 0 atom stereocenters. The van der Waals surface area contributed by atoms with Gasteiger partial charge in [-0.25, -0.2) is 0 Å². The van der Waals surface area contributed by atoms with Crippen molar-refractivity contribution in [2.45, 2.75) is 25.6 Å². The average molecular weight is 300 g/mol. The van der Waals surface area contributed by atoms with Crippen LogP contribution in [0.2, 0.25) is 0 Å². The molecule has 0 bridgehead atoms. The molecule has 2 rings (SSSR count). The van der Waals surface area contributed by atoms with E-state index in [4.69, 9.17) is 0 Å². The van der Waals surface area contributed by atoms with Gasteiger partial charge in [-0.05, 0) is 37.0 Å². The van der Waals surface area contributed by atoms with Gasteiger partial charge in [-0.1, -0.05) is 15.9 Å². The van der Waals surface area contributed by atoms with Gasteiger partial charge in [-0.2, -0.15) is 0 Å². The summed E-state index contributed by atoms with van der Waals surface area (Å²) in [5.74, 6) is 0.574. The van der Waals surface area contributed by atoms with Gasteiger partial charge in [-0.15, -0.1) is 0 Å². The van der Waals surface area contributed by atoms with Crippen molar-refractivity contribution < 1.29 is 10.2 Å². The molecule has 0 saturated heterocycles. The standard InChI is InChI=1S/C13H18BrNO2/c1-15(7-9-4-12(17)5-9)13-3-2-11(14)6-10(13)8-16/h2-3,6,9,12,16-17H,4-5,7-8H2,1H3. The molecule has 4 heteroatoms. The van der Waals surface area contributed by atoms with Crippen LogP contribution in [-0.2, 0) is 6.61 Å². The first-order valence-corrected chi connectivity index (χ1v) is 6.68. The van der Waals surface area contributed by atoms with Crippen molar-refractivity contribution in [2.75, 3.05) is 18.5 Å². The Hall–Kier alpha value is -0.580. The highest BCUT2D eigenvalue weighted by Crippen LogP contribution is 2.30. The van der Waals surface area contributed by atoms with E-state index in [9.17, 15) is 10.2 Å². The number of benzene rings is 1. The molecular weight excluding hydrogens is 282 g/mol. The van der Waals surface area contributed by atoms with E-state index in [1.807, 2.05) is 25.2 Å². The van der Waals surface area contributed by atoms with Gasteiger partial charge in [0.1, 0.15) is 0 Å². The van der Waals surface area contributed by atoms with Crippen LogP contribution in [0.3, 0.4) is 0 Å². The monoisotopic (exact) mass is 299 g/mol. The number of hydrogen-bond acceptors (Lipinski definition) is 3. The lowest BCUT2D eigenvalue weighted by molar-refractivity contribution is 0.0464. The Morgan fingerprint density at radius 1 is 1.41 bits per heavy atom. The summed E-state index contributed by atoms with van der Waals surface area (Å²) in [6.07, 6.45) is 1.70. The number of rotatable bonds is 4. The van der Waals surface area contributed by atoms with Crippen molar-refractivity contribution in [3.8, 4) is 0 Å². The molecule has 0 unspecified atom stereocenters. The largest absolute Gasteiger partial charge is 0.393 e. The van der Waals surface area contributed by atoms with Gasteiger partial charge >= 0.3 is 0 Å². The lowest BCUT2D eigenvalue weighted by Crippen LogP contribution is -2.37. The Morgan fingerprint density at radius 2 is 2.12 bits per heavy atom. The van der Waals surface area contributed by atoms with E-state index in [2.05, 4.69) is 20.8 Å². The molecule has 1 aromatic rings. The quantitative estimate of drug-likeness (QED) is 0.895. The van der Waals surface area contributed by atoms with Crippen LogP contribution in [0.4, 0.5) is 5.69 Å². The van der Waals surface area contributed by atoms with Gasteiger partial charge in [0.2, 0.25) is 0 Å². The molecule has 0 aromatic heterocycles. The van der Waals surface area contributed by atoms with Gasteiger partial charge in [0.05, 0.1) is 12.7 Å². The molecular formula is C13H18BrNO2. The van der Waals surface area contributed by atoms with E-state index < -0.39 is 0 Å². The minimum Gasteiger partial charge on any atom is -0.393 e. The Morgan fingerprint density at radius 3 is 2.71 bits per heavy atom. The number of halogens is 1. The zero-order valence-corrected chi connectivity index (χ0v) is 11.5. The lowest BCUT2D eigenvalue weighted by atomic mass is 9.82. The Labute approximate surface area is 110 Å². The first kappa shape index (κ1) is 12.9. The van der Waals surface area contributed by atoms with Crippen LogP contribution in [0.15, 0.2) is 22.7 Å². The molecule has 17 heavy (non-hydrogen) atoms. The third kappa shape index (κ3) is 3.00. The third-order valence-electron chi connectivity index (χ3n) is 3.37. The van der Waals surface area contributed by atoms with E-state index in [0.29, 0.717) is 5.92 Å². The third-order valence-corrected chi connectivity index (χ3v) is 3.86. The molecule has 0 amide bonds.